The van der Waals surface area contributed by atoms with E-state index in [1.165, 1.54) is 15.3 Å². The van der Waals surface area contributed by atoms with Gasteiger partial charge in [0.05, 0.1) is 12.2 Å². The zero-order valence-corrected chi connectivity index (χ0v) is 12.3. The molecule has 0 fully saturated rings. The molecule has 2 N–H and O–H groups in total. The van der Waals surface area contributed by atoms with Gasteiger partial charge in [-0.2, -0.15) is 5.10 Å². The Balaban J connectivity index is 2.22. The van der Waals surface area contributed by atoms with Crippen molar-refractivity contribution in [1.82, 2.24) is 9.78 Å². The molecule has 5 nitrogen and oxygen atoms in total. The average Bonchev–Trinajstić information content (AvgIpc) is 2.76. The quantitative estimate of drug-likeness (QED) is 0.903. The van der Waals surface area contributed by atoms with Crippen molar-refractivity contribution < 1.29 is 9.90 Å². The van der Waals surface area contributed by atoms with Crippen LogP contribution in [0.4, 0.5) is 5.82 Å². The van der Waals surface area contributed by atoms with Gasteiger partial charge in [-0.25, -0.2) is 4.79 Å². The summed E-state index contributed by atoms with van der Waals surface area (Å²) in [6.45, 7) is 6.47. The minimum Gasteiger partial charge on any atom is -0.477 e. The lowest BCUT2D eigenvalue weighted by Gasteiger charge is -2.06. The van der Waals surface area contributed by atoms with Crippen LogP contribution in [-0.4, -0.2) is 20.9 Å². The second-order valence-corrected chi connectivity index (χ2v) is 5.88. The summed E-state index contributed by atoms with van der Waals surface area (Å²) in [7, 11) is 1.74. The van der Waals surface area contributed by atoms with Gasteiger partial charge in [0.25, 0.3) is 0 Å². The van der Waals surface area contributed by atoms with E-state index < -0.39 is 5.97 Å². The first kappa shape index (κ1) is 13.6. The number of aryl methyl sites for hydroxylation is 4. The van der Waals surface area contributed by atoms with Crippen LogP contribution in [0.25, 0.3) is 0 Å². The number of thiophene rings is 1. The molecule has 2 rings (SSSR count). The summed E-state index contributed by atoms with van der Waals surface area (Å²) in [6, 6.07) is 2.12. The van der Waals surface area contributed by atoms with Gasteiger partial charge < -0.3 is 10.4 Å². The number of carbonyl (C=O) groups is 1. The average molecular weight is 279 g/mol. The number of carboxylic acid groups (broad SMARTS) is 1. The molecule has 0 bridgehead atoms. The van der Waals surface area contributed by atoms with E-state index in [1.807, 2.05) is 0 Å². The maximum Gasteiger partial charge on any atom is 0.341 e. The van der Waals surface area contributed by atoms with Crippen molar-refractivity contribution in [2.75, 3.05) is 5.32 Å². The number of nitrogens with one attached hydrogen (secondary N) is 1. The minimum absolute atomic E-state index is 0.243. The van der Waals surface area contributed by atoms with Crippen LogP contribution < -0.4 is 5.32 Å². The predicted octanol–water partition coefficient (Wildman–Crippen LogP) is 2.72. The molecule has 0 atom stereocenters. The molecule has 2 aromatic heterocycles. The standard InChI is InChI=1S/C13H17N3O2S/c1-7-5-10(19-9(7)3)6-14-12-11(13(17)18)8(2)15-16(12)4/h5,14H,6H2,1-4H3,(H,17,18). The van der Waals surface area contributed by atoms with E-state index in [2.05, 4.69) is 30.3 Å². The van der Waals surface area contributed by atoms with Gasteiger partial charge in [0.15, 0.2) is 0 Å². The molecule has 0 radical (unpaired) electrons. The normalized spacial score (nSPS) is 10.7. The summed E-state index contributed by atoms with van der Waals surface area (Å²) in [5.41, 5.74) is 2.03. The van der Waals surface area contributed by atoms with Gasteiger partial charge in [0, 0.05) is 16.8 Å². The first-order valence-electron chi connectivity index (χ1n) is 5.96. The Kier molecular flexibility index (Phi) is 3.61. The number of anilines is 1. The second kappa shape index (κ2) is 5.05. The van der Waals surface area contributed by atoms with Crippen molar-refractivity contribution in [1.29, 1.82) is 0 Å². The van der Waals surface area contributed by atoms with Crippen molar-refractivity contribution in [3.63, 3.8) is 0 Å². The fraction of sp³-hybridized carbons (Fsp3) is 0.385. The first-order valence-corrected chi connectivity index (χ1v) is 6.78. The molecule has 102 valence electrons. The Hall–Kier alpha value is -1.82. The summed E-state index contributed by atoms with van der Waals surface area (Å²) < 4.78 is 1.58. The molecule has 2 aromatic rings. The lowest BCUT2D eigenvalue weighted by atomic mass is 10.2. The highest BCUT2D eigenvalue weighted by Gasteiger charge is 2.19. The van der Waals surface area contributed by atoms with Crippen molar-refractivity contribution in [3.8, 4) is 0 Å². The zero-order chi connectivity index (χ0) is 14.2. The molecule has 2 heterocycles. The fourth-order valence-corrected chi connectivity index (χ4v) is 3.02. The third-order valence-electron chi connectivity index (χ3n) is 3.08. The SMILES string of the molecule is Cc1cc(CNc2c(C(=O)O)c(C)nn2C)sc1C. The van der Waals surface area contributed by atoms with E-state index in [1.54, 1.807) is 30.0 Å². The molecule has 0 spiro atoms. The molecule has 0 aliphatic carbocycles. The maximum absolute atomic E-state index is 11.2. The number of carboxylic acids is 1. The maximum atomic E-state index is 11.2. The predicted molar refractivity (Wildman–Crippen MR) is 76.0 cm³/mol. The van der Waals surface area contributed by atoms with Crippen LogP contribution in [0.15, 0.2) is 6.07 Å². The summed E-state index contributed by atoms with van der Waals surface area (Å²) in [5.74, 6) is -0.402. The summed E-state index contributed by atoms with van der Waals surface area (Å²) in [6.07, 6.45) is 0. The molecular weight excluding hydrogens is 262 g/mol. The third kappa shape index (κ3) is 2.63. The topological polar surface area (TPSA) is 67.2 Å². The molecule has 6 heteroatoms. The van der Waals surface area contributed by atoms with Gasteiger partial charge in [-0.05, 0) is 32.4 Å². The monoisotopic (exact) mass is 279 g/mol. The lowest BCUT2D eigenvalue weighted by molar-refractivity contribution is 0.0697. The van der Waals surface area contributed by atoms with E-state index in [0.717, 1.165) is 0 Å². The number of nitrogens with zero attached hydrogens (tertiary/aromatic N) is 2. The summed E-state index contributed by atoms with van der Waals surface area (Å²) in [4.78, 5) is 13.7. The van der Waals surface area contributed by atoms with Gasteiger partial charge in [0.2, 0.25) is 0 Å². The van der Waals surface area contributed by atoms with Gasteiger partial charge in [0.1, 0.15) is 11.4 Å². The summed E-state index contributed by atoms with van der Waals surface area (Å²) in [5, 5.41) is 16.5. The van der Waals surface area contributed by atoms with Gasteiger partial charge >= 0.3 is 5.97 Å². The van der Waals surface area contributed by atoms with Crippen LogP contribution in [0.2, 0.25) is 0 Å². The zero-order valence-electron chi connectivity index (χ0n) is 11.4. The van der Waals surface area contributed by atoms with E-state index in [9.17, 15) is 9.90 Å². The molecular formula is C13H17N3O2S. The van der Waals surface area contributed by atoms with Crippen LogP contribution in [0, 0.1) is 20.8 Å². The Morgan fingerprint density at radius 3 is 2.68 bits per heavy atom. The molecule has 0 amide bonds. The van der Waals surface area contributed by atoms with Crippen LogP contribution >= 0.6 is 11.3 Å². The van der Waals surface area contributed by atoms with E-state index in [0.29, 0.717) is 18.1 Å². The number of aromatic nitrogens is 2. The van der Waals surface area contributed by atoms with Crippen LogP contribution in [-0.2, 0) is 13.6 Å². The number of hydrogen-bond acceptors (Lipinski definition) is 4. The molecule has 0 aromatic carbocycles. The molecule has 19 heavy (non-hydrogen) atoms. The van der Waals surface area contributed by atoms with Crippen molar-refractivity contribution in [3.05, 3.63) is 32.6 Å². The van der Waals surface area contributed by atoms with Crippen LogP contribution in [0.5, 0.6) is 0 Å². The molecule has 0 saturated carbocycles. The highest BCUT2D eigenvalue weighted by atomic mass is 32.1. The molecule has 0 saturated heterocycles. The smallest absolute Gasteiger partial charge is 0.341 e. The van der Waals surface area contributed by atoms with Crippen molar-refractivity contribution in [2.45, 2.75) is 27.3 Å². The van der Waals surface area contributed by atoms with Gasteiger partial charge in [-0.15, -0.1) is 11.3 Å². The third-order valence-corrected chi connectivity index (χ3v) is 4.24. The summed E-state index contributed by atoms with van der Waals surface area (Å²) >= 11 is 1.72. The Labute approximate surface area is 115 Å². The Bertz CT molecular complexity index is 609. The van der Waals surface area contributed by atoms with E-state index in [4.69, 9.17) is 0 Å². The van der Waals surface area contributed by atoms with Crippen LogP contribution in [0.1, 0.15) is 31.4 Å². The highest BCUT2D eigenvalue weighted by molar-refractivity contribution is 7.12. The number of rotatable bonds is 4. The highest BCUT2D eigenvalue weighted by Crippen LogP contribution is 2.23. The second-order valence-electron chi connectivity index (χ2n) is 4.54. The van der Waals surface area contributed by atoms with E-state index in [-0.39, 0.29) is 5.56 Å². The Morgan fingerprint density at radius 2 is 2.16 bits per heavy atom. The van der Waals surface area contributed by atoms with Gasteiger partial charge in [-0.3, -0.25) is 4.68 Å². The van der Waals surface area contributed by atoms with Crippen molar-refractivity contribution >= 4 is 23.1 Å². The lowest BCUT2D eigenvalue weighted by Crippen LogP contribution is -2.08. The molecule has 0 unspecified atom stereocenters. The van der Waals surface area contributed by atoms with E-state index >= 15 is 0 Å². The minimum atomic E-state index is -0.952. The number of aromatic carboxylic acids is 1. The largest absolute Gasteiger partial charge is 0.477 e. The fourth-order valence-electron chi connectivity index (χ4n) is 2.02. The van der Waals surface area contributed by atoms with Gasteiger partial charge in [-0.1, -0.05) is 0 Å². The number of hydrogen-bond donors (Lipinski definition) is 2. The van der Waals surface area contributed by atoms with Crippen molar-refractivity contribution in [2.24, 2.45) is 7.05 Å². The Morgan fingerprint density at radius 1 is 1.47 bits per heavy atom. The molecule has 0 aliphatic rings. The first-order chi connectivity index (χ1) is 8.90. The van der Waals surface area contributed by atoms with Crippen LogP contribution in [0.3, 0.4) is 0 Å². The molecule has 0 aliphatic heterocycles.